The van der Waals surface area contributed by atoms with E-state index >= 15 is 0 Å². The number of sulfonamides is 1. The van der Waals surface area contributed by atoms with Crippen LogP contribution in [0.15, 0.2) is 0 Å². The molecular weight excluding hydrogens is 206 g/mol. The van der Waals surface area contributed by atoms with Crippen molar-refractivity contribution in [2.75, 3.05) is 26.1 Å². The first-order valence-electron chi connectivity index (χ1n) is 4.65. The lowest BCUT2D eigenvalue weighted by Crippen LogP contribution is -2.40. The van der Waals surface area contributed by atoms with Crippen molar-refractivity contribution in [3.63, 3.8) is 0 Å². The molecule has 0 atom stereocenters. The van der Waals surface area contributed by atoms with Gasteiger partial charge in [-0.25, -0.2) is 13.1 Å². The van der Waals surface area contributed by atoms with Crippen molar-refractivity contribution in [3.05, 3.63) is 0 Å². The second kappa shape index (κ2) is 4.57. The average Bonchev–Trinajstić information content (AvgIpc) is 2.85. The van der Waals surface area contributed by atoms with Gasteiger partial charge in [0.2, 0.25) is 10.0 Å². The summed E-state index contributed by atoms with van der Waals surface area (Å²) in [7, 11) is -1.71. The van der Waals surface area contributed by atoms with Gasteiger partial charge in [0, 0.05) is 13.7 Å². The summed E-state index contributed by atoms with van der Waals surface area (Å²) in [5.41, 5.74) is -0.550. The maximum absolute atomic E-state index is 11.4. The minimum Gasteiger partial charge on any atom is -0.394 e. The van der Waals surface area contributed by atoms with Crippen molar-refractivity contribution in [3.8, 4) is 0 Å². The van der Waals surface area contributed by atoms with E-state index in [2.05, 4.69) is 4.72 Å². The van der Waals surface area contributed by atoms with Gasteiger partial charge >= 0.3 is 0 Å². The molecule has 0 heterocycles. The van der Waals surface area contributed by atoms with Gasteiger partial charge in [-0.05, 0) is 19.3 Å². The van der Waals surface area contributed by atoms with Gasteiger partial charge in [-0.15, -0.1) is 0 Å². The Morgan fingerprint density at radius 1 is 1.50 bits per heavy atom. The number of methoxy groups -OCH3 is 1. The fraction of sp³-hybridized carbons (Fsp3) is 1.00. The summed E-state index contributed by atoms with van der Waals surface area (Å²) < 4.78 is 30.2. The topological polar surface area (TPSA) is 75.6 Å². The molecule has 1 aliphatic rings. The fourth-order valence-corrected chi connectivity index (χ4v) is 2.75. The zero-order valence-corrected chi connectivity index (χ0v) is 9.14. The number of aliphatic hydroxyl groups is 1. The summed E-state index contributed by atoms with van der Waals surface area (Å²) in [6.07, 6.45) is 1.94. The second-order valence-corrected chi connectivity index (χ2v) is 5.55. The van der Waals surface area contributed by atoms with Crippen LogP contribution in [-0.2, 0) is 14.8 Å². The molecule has 1 saturated carbocycles. The largest absolute Gasteiger partial charge is 0.394 e. The van der Waals surface area contributed by atoms with Crippen LogP contribution in [0.1, 0.15) is 19.3 Å². The molecule has 0 aromatic heterocycles. The van der Waals surface area contributed by atoms with Crippen LogP contribution in [0.3, 0.4) is 0 Å². The maximum atomic E-state index is 11.4. The van der Waals surface area contributed by atoms with E-state index in [9.17, 15) is 8.42 Å². The average molecular weight is 223 g/mol. The fourth-order valence-electron chi connectivity index (χ4n) is 1.22. The Kier molecular flexibility index (Phi) is 3.88. The van der Waals surface area contributed by atoms with Crippen LogP contribution in [0.5, 0.6) is 0 Å². The second-order valence-electron chi connectivity index (χ2n) is 3.71. The molecule has 14 heavy (non-hydrogen) atoms. The van der Waals surface area contributed by atoms with Crippen molar-refractivity contribution in [1.82, 2.24) is 4.72 Å². The Balaban J connectivity index is 2.34. The predicted octanol–water partition coefficient (Wildman–Crippen LogP) is -0.533. The highest BCUT2D eigenvalue weighted by atomic mass is 32.2. The standard InChI is InChI=1S/C8H17NO4S/c1-13-5-2-6-14(11,12)9-8(7-10)3-4-8/h9-10H,2-7H2,1H3. The zero-order chi connectivity index (χ0) is 10.7. The van der Waals surface area contributed by atoms with Gasteiger partial charge in [0.25, 0.3) is 0 Å². The SMILES string of the molecule is COCCCS(=O)(=O)NC1(CO)CC1. The highest BCUT2D eigenvalue weighted by Crippen LogP contribution is 2.35. The predicted molar refractivity (Wildman–Crippen MR) is 52.5 cm³/mol. The first kappa shape index (κ1) is 11.9. The molecule has 0 aliphatic heterocycles. The Morgan fingerprint density at radius 2 is 2.14 bits per heavy atom. The summed E-state index contributed by atoms with van der Waals surface area (Å²) in [6.45, 7) is 0.323. The van der Waals surface area contributed by atoms with E-state index in [4.69, 9.17) is 9.84 Å². The number of nitrogens with one attached hydrogen (secondary N) is 1. The Hall–Kier alpha value is -0.170. The zero-order valence-electron chi connectivity index (χ0n) is 8.32. The summed E-state index contributed by atoms with van der Waals surface area (Å²) in [5.74, 6) is 0.0581. The molecule has 0 radical (unpaired) electrons. The molecule has 0 spiro atoms. The molecule has 1 fully saturated rings. The van der Waals surface area contributed by atoms with Crippen LogP contribution in [-0.4, -0.2) is 45.1 Å². The van der Waals surface area contributed by atoms with Crippen LogP contribution >= 0.6 is 0 Å². The third-order valence-electron chi connectivity index (χ3n) is 2.29. The van der Waals surface area contributed by atoms with Gasteiger partial charge in [-0.2, -0.15) is 0 Å². The molecule has 1 rings (SSSR count). The molecular formula is C8H17NO4S. The van der Waals surface area contributed by atoms with E-state index in [-0.39, 0.29) is 12.4 Å². The van der Waals surface area contributed by atoms with Crippen LogP contribution in [0, 0.1) is 0 Å². The lowest BCUT2D eigenvalue weighted by atomic mass is 10.3. The molecule has 6 heteroatoms. The van der Waals surface area contributed by atoms with Gasteiger partial charge in [0.1, 0.15) is 0 Å². The van der Waals surface area contributed by atoms with Gasteiger partial charge in [-0.3, -0.25) is 0 Å². The highest BCUT2D eigenvalue weighted by molar-refractivity contribution is 7.89. The molecule has 0 unspecified atom stereocenters. The van der Waals surface area contributed by atoms with Crippen molar-refractivity contribution in [1.29, 1.82) is 0 Å². The monoisotopic (exact) mass is 223 g/mol. The molecule has 1 aliphatic carbocycles. The Labute approximate surface area is 84.5 Å². The van der Waals surface area contributed by atoms with Gasteiger partial charge in [0.05, 0.1) is 17.9 Å². The molecule has 0 saturated heterocycles. The molecule has 0 aromatic carbocycles. The van der Waals surface area contributed by atoms with Gasteiger partial charge in [-0.1, -0.05) is 0 Å². The number of hydrogen-bond donors (Lipinski definition) is 2. The number of aliphatic hydroxyl groups excluding tert-OH is 1. The molecule has 0 amide bonds. The van der Waals surface area contributed by atoms with Gasteiger partial charge < -0.3 is 9.84 Å². The van der Waals surface area contributed by atoms with E-state index in [1.807, 2.05) is 0 Å². The number of hydrogen-bond acceptors (Lipinski definition) is 4. The minimum absolute atomic E-state index is 0.0581. The third-order valence-corrected chi connectivity index (χ3v) is 3.86. The Bertz CT molecular complexity index is 271. The van der Waals surface area contributed by atoms with E-state index < -0.39 is 15.6 Å². The number of rotatable bonds is 7. The van der Waals surface area contributed by atoms with Crippen molar-refractivity contribution < 1.29 is 18.3 Å². The first-order valence-corrected chi connectivity index (χ1v) is 6.30. The van der Waals surface area contributed by atoms with Crippen molar-refractivity contribution >= 4 is 10.0 Å². The summed E-state index contributed by atoms with van der Waals surface area (Å²) >= 11 is 0. The van der Waals surface area contributed by atoms with Crippen molar-refractivity contribution in [2.45, 2.75) is 24.8 Å². The molecule has 5 nitrogen and oxygen atoms in total. The maximum Gasteiger partial charge on any atom is 0.212 e. The van der Waals surface area contributed by atoms with E-state index in [1.165, 1.54) is 7.11 Å². The third kappa shape index (κ3) is 3.53. The highest BCUT2D eigenvalue weighted by Gasteiger charge is 2.44. The summed E-state index contributed by atoms with van der Waals surface area (Å²) in [5, 5.41) is 8.94. The first-order chi connectivity index (χ1) is 6.54. The van der Waals surface area contributed by atoms with Crippen LogP contribution in [0.25, 0.3) is 0 Å². The van der Waals surface area contributed by atoms with E-state index in [0.29, 0.717) is 13.0 Å². The van der Waals surface area contributed by atoms with E-state index in [0.717, 1.165) is 12.8 Å². The van der Waals surface area contributed by atoms with E-state index in [1.54, 1.807) is 0 Å². The van der Waals surface area contributed by atoms with Crippen molar-refractivity contribution in [2.24, 2.45) is 0 Å². The number of ether oxygens (including phenoxy) is 1. The lowest BCUT2D eigenvalue weighted by molar-refractivity contribution is 0.199. The smallest absolute Gasteiger partial charge is 0.212 e. The summed E-state index contributed by atoms with van der Waals surface area (Å²) in [4.78, 5) is 0. The molecule has 84 valence electrons. The normalized spacial score (nSPS) is 19.6. The molecule has 0 aromatic rings. The molecule has 0 bridgehead atoms. The lowest BCUT2D eigenvalue weighted by Gasteiger charge is -2.14. The summed E-state index contributed by atoms with van der Waals surface area (Å²) in [6, 6.07) is 0. The Morgan fingerprint density at radius 3 is 2.57 bits per heavy atom. The quantitative estimate of drug-likeness (QED) is 0.569. The minimum atomic E-state index is -3.25. The molecule has 2 N–H and O–H groups in total. The van der Waals surface area contributed by atoms with Crippen LogP contribution < -0.4 is 4.72 Å². The van der Waals surface area contributed by atoms with Gasteiger partial charge in [0.15, 0.2) is 0 Å². The van der Waals surface area contributed by atoms with Crippen LogP contribution in [0.2, 0.25) is 0 Å². The van der Waals surface area contributed by atoms with Crippen LogP contribution in [0.4, 0.5) is 0 Å².